The van der Waals surface area contributed by atoms with Crippen LogP contribution in [0.3, 0.4) is 0 Å². The van der Waals surface area contributed by atoms with Crippen molar-refractivity contribution in [2.24, 2.45) is 0 Å². The molecular weight excluding hydrogens is 460 g/mol. The Morgan fingerprint density at radius 3 is 2.00 bits per heavy atom. The Morgan fingerprint density at radius 2 is 1.39 bits per heavy atom. The summed E-state index contributed by atoms with van der Waals surface area (Å²) in [6.45, 7) is 2.37. The zero-order valence-electron chi connectivity index (χ0n) is 19.6. The van der Waals surface area contributed by atoms with E-state index in [1.807, 2.05) is 19.1 Å². The highest BCUT2D eigenvalue weighted by molar-refractivity contribution is 5.99. The number of carbonyl (C=O) groups excluding carboxylic acids is 2. The molecule has 0 spiro atoms. The predicted octanol–water partition coefficient (Wildman–Crippen LogP) is 5.97. The number of fused-ring (bicyclic) bond motifs is 1. The minimum Gasteiger partial charge on any atom is -0.492 e. The summed E-state index contributed by atoms with van der Waals surface area (Å²) in [6, 6.07) is 21.3. The van der Waals surface area contributed by atoms with E-state index >= 15 is 0 Å². The molecule has 0 N–H and O–H groups in total. The van der Waals surface area contributed by atoms with E-state index in [9.17, 15) is 14.4 Å². The molecule has 4 rings (SSSR count). The third kappa shape index (κ3) is 5.70. The van der Waals surface area contributed by atoms with Gasteiger partial charge in [-0.15, -0.1) is 0 Å². The predicted molar refractivity (Wildman–Crippen MR) is 135 cm³/mol. The van der Waals surface area contributed by atoms with Crippen LogP contribution in [0, 0.1) is 0 Å². The molecule has 0 aliphatic rings. The molecule has 1 aromatic heterocycles. The van der Waals surface area contributed by atoms with E-state index in [4.69, 9.17) is 18.6 Å². The zero-order valence-corrected chi connectivity index (χ0v) is 19.6. The molecule has 0 unspecified atom stereocenters. The first kappa shape index (κ1) is 24.5. The van der Waals surface area contributed by atoms with Crippen LogP contribution in [0.5, 0.6) is 17.2 Å². The van der Waals surface area contributed by atoms with E-state index in [0.717, 1.165) is 6.42 Å². The third-order valence-corrected chi connectivity index (χ3v) is 5.16. The van der Waals surface area contributed by atoms with E-state index in [1.54, 1.807) is 78.9 Å². The van der Waals surface area contributed by atoms with Gasteiger partial charge in [0.1, 0.15) is 16.7 Å². The number of ether oxygens (including phenoxy) is 3. The fourth-order valence-electron chi connectivity index (χ4n) is 3.45. The quantitative estimate of drug-likeness (QED) is 0.125. The van der Waals surface area contributed by atoms with Crippen LogP contribution in [0.2, 0.25) is 0 Å². The van der Waals surface area contributed by atoms with E-state index in [1.165, 1.54) is 0 Å². The fourth-order valence-corrected chi connectivity index (χ4v) is 3.45. The zero-order chi connectivity index (χ0) is 25.3. The average molecular weight is 485 g/mol. The number of hydrogen-bond acceptors (Lipinski definition) is 7. The minimum atomic E-state index is -0.967. The van der Waals surface area contributed by atoms with Gasteiger partial charge in [0.15, 0.2) is 5.75 Å². The number of rotatable bonds is 9. The molecule has 0 amide bonds. The molecule has 0 bridgehead atoms. The Bertz CT molecular complexity index is 1440. The molecule has 0 radical (unpaired) electrons. The monoisotopic (exact) mass is 484 g/mol. The summed E-state index contributed by atoms with van der Waals surface area (Å²) in [5, 5.41) is 0.205. The van der Waals surface area contributed by atoms with E-state index < -0.39 is 23.3 Å². The van der Waals surface area contributed by atoms with Crippen molar-refractivity contribution in [2.45, 2.75) is 19.8 Å². The number of hydrogen-bond donors (Lipinski definition) is 0. The summed E-state index contributed by atoms with van der Waals surface area (Å²) < 4.78 is 22.5. The minimum absolute atomic E-state index is 0.122. The number of benzene rings is 3. The van der Waals surface area contributed by atoms with E-state index in [0.29, 0.717) is 18.8 Å². The smallest absolute Gasteiger partial charge is 0.383 e. The maximum atomic E-state index is 13.0. The van der Waals surface area contributed by atoms with Gasteiger partial charge in [-0.3, -0.25) is 0 Å². The summed E-state index contributed by atoms with van der Waals surface area (Å²) in [5.41, 5.74) is -0.380. The maximum absolute atomic E-state index is 13.0. The van der Waals surface area contributed by atoms with Gasteiger partial charge in [0, 0.05) is 0 Å². The van der Waals surface area contributed by atoms with Gasteiger partial charge in [-0.25, -0.2) is 14.4 Å². The van der Waals surface area contributed by atoms with Crippen LogP contribution in [0.4, 0.5) is 0 Å². The van der Waals surface area contributed by atoms with E-state index in [2.05, 4.69) is 0 Å². The molecule has 3 aromatic carbocycles. The average Bonchev–Trinajstić information content (AvgIpc) is 2.91. The van der Waals surface area contributed by atoms with Crippen molar-refractivity contribution in [3.8, 4) is 17.2 Å². The van der Waals surface area contributed by atoms with Crippen LogP contribution in [0.25, 0.3) is 11.0 Å². The molecule has 0 aliphatic carbocycles. The molecule has 4 aromatic rings. The lowest BCUT2D eigenvalue weighted by atomic mass is 10.1. The van der Waals surface area contributed by atoms with E-state index in [-0.39, 0.29) is 27.8 Å². The summed E-state index contributed by atoms with van der Waals surface area (Å²) >= 11 is 0. The van der Waals surface area contributed by atoms with Gasteiger partial charge in [0.05, 0.1) is 17.7 Å². The van der Waals surface area contributed by atoms with Crippen LogP contribution in [0.15, 0.2) is 100 Å². The molecule has 1 heterocycles. The Hall–Kier alpha value is -4.65. The molecule has 0 saturated heterocycles. The first-order valence-corrected chi connectivity index (χ1v) is 11.5. The highest BCUT2D eigenvalue weighted by atomic mass is 16.6. The first-order chi connectivity index (χ1) is 17.6. The lowest BCUT2D eigenvalue weighted by molar-refractivity contribution is 0.0678. The van der Waals surface area contributed by atoms with Gasteiger partial charge in [0.2, 0.25) is 0 Å². The van der Waals surface area contributed by atoms with Gasteiger partial charge < -0.3 is 18.6 Å². The largest absolute Gasteiger partial charge is 0.492 e. The molecule has 182 valence electrons. The van der Waals surface area contributed by atoms with Crippen molar-refractivity contribution >= 4 is 22.9 Å². The van der Waals surface area contributed by atoms with Gasteiger partial charge in [-0.05, 0) is 49.2 Å². The third-order valence-electron chi connectivity index (χ3n) is 5.16. The lowest BCUT2D eigenvalue weighted by Crippen LogP contribution is -2.18. The van der Waals surface area contributed by atoms with Crippen LogP contribution in [-0.2, 0) is 0 Å². The van der Waals surface area contributed by atoms with Crippen molar-refractivity contribution in [1.82, 2.24) is 0 Å². The molecule has 7 heteroatoms. The maximum Gasteiger partial charge on any atom is 0.383 e. The Balaban J connectivity index is 1.80. The summed E-state index contributed by atoms with van der Waals surface area (Å²) in [7, 11) is 0. The highest BCUT2D eigenvalue weighted by Crippen LogP contribution is 2.39. The molecule has 0 atom stereocenters. The topological polar surface area (TPSA) is 92.0 Å². The van der Waals surface area contributed by atoms with Crippen molar-refractivity contribution in [2.75, 3.05) is 6.61 Å². The van der Waals surface area contributed by atoms with Crippen molar-refractivity contribution in [1.29, 1.82) is 0 Å². The van der Waals surface area contributed by atoms with Gasteiger partial charge in [-0.1, -0.05) is 61.5 Å². The van der Waals surface area contributed by atoms with Gasteiger partial charge >= 0.3 is 17.6 Å². The first-order valence-electron chi connectivity index (χ1n) is 11.5. The Kier molecular flexibility index (Phi) is 7.93. The van der Waals surface area contributed by atoms with Crippen LogP contribution >= 0.6 is 0 Å². The van der Waals surface area contributed by atoms with Crippen molar-refractivity contribution < 1.29 is 28.2 Å². The fraction of sp³-hybridized carbons (Fsp3) is 0.138. The van der Waals surface area contributed by atoms with Crippen molar-refractivity contribution in [3.05, 3.63) is 113 Å². The molecule has 0 aliphatic heterocycles. The van der Waals surface area contributed by atoms with Crippen LogP contribution in [0.1, 0.15) is 40.5 Å². The molecule has 36 heavy (non-hydrogen) atoms. The SMILES string of the molecule is CCC=CCCOc1cccc2oc(=O)c(OC(=O)c3ccccc3)c(OC(=O)c3ccccc3)c12. The van der Waals surface area contributed by atoms with Crippen LogP contribution in [-0.4, -0.2) is 18.5 Å². The van der Waals surface area contributed by atoms with Crippen molar-refractivity contribution in [3.63, 3.8) is 0 Å². The van der Waals surface area contributed by atoms with Gasteiger partial charge in [-0.2, -0.15) is 0 Å². The second-order valence-corrected chi connectivity index (χ2v) is 7.70. The summed E-state index contributed by atoms with van der Waals surface area (Å²) in [6.07, 6.45) is 5.58. The summed E-state index contributed by atoms with van der Waals surface area (Å²) in [4.78, 5) is 38.7. The molecular formula is C29H24O7. The number of carbonyl (C=O) groups is 2. The number of esters is 2. The number of allylic oxidation sites excluding steroid dienone is 1. The Labute approximate surface area is 207 Å². The standard InChI is InChI=1S/C29H24O7/c1-2-3-4-11-19-33-22-17-12-18-23-24(22)25(35-27(30)20-13-7-5-8-14-20)26(29(32)34-23)36-28(31)21-15-9-6-10-16-21/h3-10,12-18H,2,11,19H2,1H3. The van der Waals surface area contributed by atoms with Crippen LogP contribution < -0.4 is 19.8 Å². The summed E-state index contributed by atoms with van der Waals surface area (Å²) in [5.74, 6) is -2.02. The molecule has 0 saturated carbocycles. The molecule has 0 fully saturated rings. The molecule has 7 nitrogen and oxygen atoms in total. The second-order valence-electron chi connectivity index (χ2n) is 7.70. The normalized spacial score (nSPS) is 10.9. The highest BCUT2D eigenvalue weighted by Gasteiger charge is 2.26. The second kappa shape index (κ2) is 11.7. The van der Waals surface area contributed by atoms with Gasteiger partial charge in [0.25, 0.3) is 5.75 Å². The Morgan fingerprint density at radius 1 is 0.778 bits per heavy atom. The lowest BCUT2D eigenvalue weighted by Gasteiger charge is -2.15.